The fraction of sp³-hybridized carbons (Fsp3) is 0.300. The fourth-order valence-electron chi connectivity index (χ4n) is 5.28. The molecule has 4 amide bonds. The molecule has 3 aromatic carbocycles. The number of amides is 4. The van der Waals surface area contributed by atoms with Crippen LogP contribution < -0.4 is 5.32 Å². The van der Waals surface area contributed by atoms with E-state index in [1.807, 2.05) is 61.5 Å². The van der Waals surface area contributed by atoms with Gasteiger partial charge in [0.05, 0.1) is 13.1 Å². The molecule has 1 unspecified atom stereocenters. The highest BCUT2D eigenvalue weighted by molar-refractivity contribution is 5.91. The van der Waals surface area contributed by atoms with E-state index in [2.05, 4.69) is 5.32 Å². The van der Waals surface area contributed by atoms with Crippen molar-refractivity contribution < 1.29 is 18.8 Å². The first-order valence-corrected chi connectivity index (χ1v) is 13.0. The van der Waals surface area contributed by atoms with E-state index in [-0.39, 0.29) is 43.9 Å². The summed E-state index contributed by atoms with van der Waals surface area (Å²) in [7, 11) is 1.68. The molecule has 2 fully saturated rings. The van der Waals surface area contributed by atoms with Crippen molar-refractivity contribution in [3.8, 4) is 0 Å². The van der Waals surface area contributed by atoms with Gasteiger partial charge in [-0.15, -0.1) is 0 Å². The highest BCUT2D eigenvalue weighted by Crippen LogP contribution is 2.29. The second kappa shape index (κ2) is 11.2. The van der Waals surface area contributed by atoms with Crippen molar-refractivity contribution in [3.05, 3.63) is 107 Å². The molecule has 3 aromatic rings. The lowest BCUT2D eigenvalue weighted by molar-refractivity contribution is -0.187. The van der Waals surface area contributed by atoms with E-state index in [4.69, 9.17) is 0 Å². The Labute approximate surface area is 227 Å². The summed E-state index contributed by atoms with van der Waals surface area (Å²) in [4.78, 5) is 43.9. The Bertz CT molecular complexity index is 1350. The average molecular weight is 530 g/mol. The van der Waals surface area contributed by atoms with Crippen molar-refractivity contribution in [2.75, 3.05) is 20.1 Å². The Balaban J connectivity index is 1.46. The zero-order valence-electron chi connectivity index (χ0n) is 22.1. The number of hydrogen-bond donors (Lipinski definition) is 1. The lowest BCUT2D eigenvalue weighted by Gasteiger charge is -2.54. The number of urea groups is 1. The van der Waals surface area contributed by atoms with Crippen LogP contribution in [0, 0.1) is 12.7 Å². The average Bonchev–Trinajstić information content (AvgIpc) is 2.92. The highest BCUT2D eigenvalue weighted by Gasteiger charge is 2.50. The summed E-state index contributed by atoms with van der Waals surface area (Å²) in [5.74, 6) is -0.902. The smallest absolute Gasteiger partial charge is 0.333 e. The maximum absolute atomic E-state index is 14.6. The Morgan fingerprint density at radius 3 is 2.36 bits per heavy atom. The van der Waals surface area contributed by atoms with Gasteiger partial charge in [-0.1, -0.05) is 78.4 Å². The van der Waals surface area contributed by atoms with E-state index in [1.54, 1.807) is 40.1 Å². The van der Waals surface area contributed by atoms with Gasteiger partial charge in [-0.05, 0) is 24.1 Å². The standard InChI is InChI=1S/C30H32FN5O3/c1-21-12-14-22(15-13-21)16-26-29(38)34(18-24-10-6-7-11-25(24)31)19-27-35(26)28(37)20-33(2)36(27)30(39)32-17-23-8-4-3-5-9-23/h3-15,26-27H,16-20H2,1-2H3,(H,32,39)/t26-,27?/m0/s1. The molecule has 8 nitrogen and oxygen atoms in total. The summed E-state index contributed by atoms with van der Waals surface area (Å²) in [5, 5.41) is 6.04. The van der Waals surface area contributed by atoms with Crippen LogP contribution in [0.4, 0.5) is 9.18 Å². The molecule has 0 spiro atoms. The number of fused-ring (bicyclic) bond motifs is 1. The molecule has 2 saturated heterocycles. The Morgan fingerprint density at radius 1 is 0.949 bits per heavy atom. The molecule has 2 heterocycles. The summed E-state index contributed by atoms with van der Waals surface area (Å²) in [6.07, 6.45) is -0.454. The number of hydrogen-bond acceptors (Lipinski definition) is 4. The minimum Gasteiger partial charge on any atom is -0.333 e. The molecule has 0 aliphatic carbocycles. The van der Waals surface area contributed by atoms with Crippen LogP contribution in [-0.4, -0.2) is 70.0 Å². The van der Waals surface area contributed by atoms with Crippen LogP contribution in [0.1, 0.15) is 22.3 Å². The molecular weight excluding hydrogens is 497 g/mol. The number of nitrogens with one attached hydrogen (secondary N) is 1. The number of nitrogens with zero attached hydrogens (tertiary/aromatic N) is 4. The van der Waals surface area contributed by atoms with E-state index in [9.17, 15) is 18.8 Å². The van der Waals surface area contributed by atoms with Crippen molar-refractivity contribution in [1.82, 2.24) is 25.1 Å². The molecular formula is C30H32FN5O3. The minimum absolute atomic E-state index is 0.0393. The summed E-state index contributed by atoms with van der Waals surface area (Å²) in [6, 6.07) is 22.5. The lowest BCUT2D eigenvalue weighted by Crippen LogP contribution is -2.76. The first kappa shape index (κ1) is 26.4. The van der Waals surface area contributed by atoms with E-state index in [1.165, 1.54) is 11.1 Å². The van der Waals surface area contributed by atoms with Crippen LogP contribution in [0.3, 0.4) is 0 Å². The maximum Gasteiger partial charge on any atom is 0.334 e. The third-order valence-electron chi connectivity index (χ3n) is 7.30. The summed E-state index contributed by atoms with van der Waals surface area (Å²) >= 11 is 0. The predicted molar refractivity (Wildman–Crippen MR) is 144 cm³/mol. The Hall–Kier alpha value is -4.24. The van der Waals surface area contributed by atoms with Crippen LogP contribution in [0.2, 0.25) is 0 Å². The number of hydrazine groups is 1. The number of carbonyl (C=O) groups excluding carboxylic acids is 3. The molecule has 0 bridgehead atoms. The van der Waals surface area contributed by atoms with Crippen LogP contribution >= 0.6 is 0 Å². The number of likely N-dealkylation sites (N-methyl/N-ethyl adjacent to an activating group) is 1. The van der Waals surface area contributed by atoms with E-state index in [0.717, 1.165) is 16.7 Å². The molecule has 9 heteroatoms. The maximum atomic E-state index is 14.6. The van der Waals surface area contributed by atoms with E-state index in [0.29, 0.717) is 12.1 Å². The number of rotatable bonds is 6. The van der Waals surface area contributed by atoms with Crippen LogP contribution in [0.25, 0.3) is 0 Å². The molecule has 2 aliphatic heterocycles. The molecule has 1 N–H and O–H groups in total. The fourth-order valence-corrected chi connectivity index (χ4v) is 5.28. The van der Waals surface area contributed by atoms with Gasteiger partial charge in [0.2, 0.25) is 11.8 Å². The van der Waals surface area contributed by atoms with Crippen molar-refractivity contribution in [2.45, 2.75) is 38.6 Å². The molecule has 0 aromatic heterocycles. The molecule has 202 valence electrons. The molecule has 5 rings (SSSR count). The summed E-state index contributed by atoms with van der Waals surface area (Å²) < 4.78 is 14.6. The van der Waals surface area contributed by atoms with Crippen LogP contribution in [-0.2, 0) is 29.1 Å². The van der Waals surface area contributed by atoms with Crippen molar-refractivity contribution in [3.63, 3.8) is 0 Å². The van der Waals surface area contributed by atoms with Gasteiger partial charge < -0.3 is 15.1 Å². The Morgan fingerprint density at radius 2 is 1.64 bits per heavy atom. The number of halogens is 1. The molecule has 2 aliphatic rings. The molecule has 39 heavy (non-hydrogen) atoms. The van der Waals surface area contributed by atoms with Crippen LogP contribution in [0.5, 0.6) is 0 Å². The quantitative estimate of drug-likeness (QED) is 0.532. The number of aryl methyl sites for hydroxylation is 1. The van der Waals surface area contributed by atoms with Gasteiger partial charge in [0.25, 0.3) is 0 Å². The highest BCUT2D eigenvalue weighted by atomic mass is 19.1. The van der Waals surface area contributed by atoms with Gasteiger partial charge in [-0.25, -0.2) is 19.2 Å². The Kier molecular flexibility index (Phi) is 7.60. The number of carbonyl (C=O) groups is 3. The normalized spacial score (nSPS) is 19.7. The van der Waals surface area contributed by atoms with E-state index < -0.39 is 18.0 Å². The van der Waals surface area contributed by atoms with Crippen molar-refractivity contribution >= 4 is 17.8 Å². The molecule has 0 radical (unpaired) electrons. The van der Waals surface area contributed by atoms with Gasteiger partial charge >= 0.3 is 6.03 Å². The second-order valence-electron chi connectivity index (χ2n) is 10.1. The topological polar surface area (TPSA) is 76.2 Å². The SMILES string of the molecule is Cc1ccc(C[C@H]2C(=O)N(Cc3ccccc3F)CC3N2C(=O)CN(C)N3C(=O)NCc2ccccc2)cc1. The first-order chi connectivity index (χ1) is 18.8. The zero-order chi connectivity index (χ0) is 27.5. The lowest BCUT2D eigenvalue weighted by atomic mass is 9.98. The monoisotopic (exact) mass is 529 g/mol. The van der Waals surface area contributed by atoms with Gasteiger partial charge in [-0.3, -0.25) is 9.59 Å². The van der Waals surface area contributed by atoms with Crippen molar-refractivity contribution in [1.29, 1.82) is 0 Å². The molecule has 2 atom stereocenters. The summed E-state index contributed by atoms with van der Waals surface area (Å²) in [6.45, 7) is 2.36. The number of piperazine rings is 1. The minimum atomic E-state index is -0.830. The van der Waals surface area contributed by atoms with Crippen LogP contribution in [0.15, 0.2) is 78.9 Å². The van der Waals surface area contributed by atoms with E-state index >= 15 is 0 Å². The van der Waals surface area contributed by atoms with Gasteiger partial charge in [0, 0.05) is 32.1 Å². The molecule has 0 saturated carbocycles. The number of benzene rings is 3. The first-order valence-electron chi connectivity index (χ1n) is 13.0. The summed E-state index contributed by atoms with van der Waals surface area (Å²) in [5.41, 5.74) is 3.31. The van der Waals surface area contributed by atoms with Gasteiger partial charge in [0.1, 0.15) is 18.0 Å². The van der Waals surface area contributed by atoms with Gasteiger partial charge in [-0.2, -0.15) is 0 Å². The third-order valence-corrected chi connectivity index (χ3v) is 7.30. The van der Waals surface area contributed by atoms with Crippen molar-refractivity contribution in [2.24, 2.45) is 0 Å². The predicted octanol–water partition coefficient (Wildman–Crippen LogP) is 3.31. The van der Waals surface area contributed by atoms with Gasteiger partial charge in [0.15, 0.2) is 0 Å². The zero-order valence-corrected chi connectivity index (χ0v) is 22.1. The second-order valence-corrected chi connectivity index (χ2v) is 10.1. The third kappa shape index (κ3) is 5.63. The largest absolute Gasteiger partial charge is 0.334 e.